The van der Waals surface area contributed by atoms with Crippen LogP contribution in [0.4, 0.5) is 0 Å². The van der Waals surface area contributed by atoms with Crippen LogP contribution in [0.25, 0.3) is 0 Å². The second-order valence-corrected chi connectivity index (χ2v) is 6.00. The van der Waals surface area contributed by atoms with Crippen molar-refractivity contribution in [2.45, 2.75) is 39.2 Å². The van der Waals surface area contributed by atoms with Crippen molar-refractivity contribution < 1.29 is 4.74 Å². The molecule has 2 nitrogen and oxygen atoms in total. The molecule has 21 heavy (non-hydrogen) atoms. The summed E-state index contributed by atoms with van der Waals surface area (Å²) in [7, 11) is 1.94. The van der Waals surface area contributed by atoms with Crippen LogP contribution in [-0.4, -0.2) is 7.05 Å². The maximum atomic E-state index is 6.02. The van der Waals surface area contributed by atoms with Gasteiger partial charge in [-0.25, -0.2) is 0 Å². The maximum Gasteiger partial charge on any atom is 0.131 e. The van der Waals surface area contributed by atoms with Gasteiger partial charge in [-0.1, -0.05) is 51.1 Å². The largest absolute Gasteiger partial charge is 0.457 e. The van der Waals surface area contributed by atoms with Gasteiger partial charge in [-0.3, -0.25) is 0 Å². The standard InChI is InChI=1S/C19H25NO/c1-5-19(2,3)16-10-12-17(13-11-16)21-18-9-7-6-8-15(18)14-20-4/h6-13,20H,5,14H2,1-4H3. The monoisotopic (exact) mass is 283 g/mol. The minimum absolute atomic E-state index is 0.211. The molecule has 2 heteroatoms. The lowest BCUT2D eigenvalue weighted by Gasteiger charge is -2.23. The fourth-order valence-electron chi connectivity index (χ4n) is 2.25. The highest BCUT2D eigenvalue weighted by molar-refractivity contribution is 5.39. The number of hydrogen-bond acceptors (Lipinski definition) is 2. The van der Waals surface area contributed by atoms with Gasteiger partial charge >= 0.3 is 0 Å². The first-order chi connectivity index (χ1) is 10.1. The molecule has 0 saturated heterocycles. The SMILES string of the molecule is CCC(C)(C)c1ccc(Oc2ccccc2CNC)cc1. The van der Waals surface area contributed by atoms with Crippen LogP contribution in [0, 0.1) is 0 Å². The van der Waals surface area contributed by atoms with Crippen molar-refractivity contribution in [2.75, 3.05) is 7.05 Å². The second-order valence-electron chi connectivity index (χ2n) is 6.00. The Labute approximate surface area is 128 Å². The van der Waals surface area contributed by atoms with Gasteiger partial charge in [0.2, 0.25) is 0 Å². The first-order valence-electron chi connectivity index (χ1n) is 7.57. The molecule has 0 unspecified atom stereocenters. The Hall–Kier alpha value is -1.80. The Morgan fingerprint density at radius 2 is 1.67 bits per heavy atom. The van der Waals surface area contributed by atoms with Crippen molar-refractivity contribution in [3.05, 3.63) is 59.7 Å². The third-order valence-corrected chi connectivity index (χ3v) is 4.09. The van der Waals surface area contributed by atoms with E-state index in [0.717, 1.165) is 30.0 Å². The van der Waals surface area contributed by atoms with E-state index in [0.29, 0.717) is 0 Å². The maximum absolute atomic E-state index is 6.02. The summed E-state index contributed by atoms with van der Waals surface area (Å²) in [5.41, 5.74) is 2.72. The predicted octanol–water partition coefficient (Wildman–Crippen LogP) is 4.89. The molecule has 0 saturated carbocycles. The average molecular weight is 283 g/mol. The Morgan fingerprint density at radius 3 is 2.29 bits per heavy atom. The summed E-state index contributed by atoms with van der Waals surface area (Å²) in [6.07, 6.45) is 1.12. The van der Waals surface area contributed by atoms with E-state index in [1.54, 1.807) is 0 Å². The quantitative estimate of drug-likeness (QED) is 0.815. The molecule has 0 atom stereocenters. The van der Waals surface area contributed by atoms with Gasteiger partial charge in [0, 0.05) is 12.1 Å². The zero-order valence-corrected chi connectivity index (χ0v) is 13.4. The van der Waals surface area contributed by atoms with Crippen LogP contribution in [0.1, 0.15) is 38.3 Å². The van der Waals surface area contributed by atoms with Crippen LogP contribution in [-0.2, 0) is 12.0 Å². The van der Waals surface area contributed by atoms with Crippen LogP contribution in [0.3, 0.4) is 0 Å². The minimum atomic E-state index is 0.211. The molecule has 2 aromatic carbocycles. The van der Waals surface area contributed by atoms with Gasteiger partial charge in [0.25, 0.3) is 0 Å². The van der Waals surface area contributed by atoms with Gasteiger partial charge in [0.15, 0.2) is 0 Å². The molecule has 0 fully saturated rings. The van der Waals surface area contributed by atoms with Crippen molar-refractivity contribution in [1.82, 2.24) is 5.32 Å². The molecular formula is C19H25NO. The molecule has 0 radical (unpaired) electrons. The van der Waals surface area contributed by atoms with E-state index in [9.17, 15) is 0 Å². The van der Waals surface area contributed by atoms with Gasteiger partial charge in [0.1, 0.15) is 11.5 Å². The Kier molecular flexibility index (Phi) is 5.03. The molecule has 0 spiro atoms. The second kappa shape index (κ2) is 6.77. The fraction of sp³-hybridized carbons (Fsp3) is 0.368. The van der Waals surface area contributed by atoms with E-state index in [1.165, 1.54) is 5.56 Å². The zero-order chi connectivity index (χ0) is 15.3. The number of ether oxygens (including phenoxy) is 1. The average Bonchev–Trinajstić information content (AvgIpc) is 2.50. The van der Waals surface area contributed by atoms with Crippen molar-refractivity contribution in [2.24, 2.45) is 0 Å². The highest BCUT2D eigenvalue weighted by atomic mass is 16.5. The lowest BCUT2D eigenvalue weighted by molar-refractivity contribution is 0.471. The Balaban J connectivity index is 2.18. The van der Waals surface area contributed by atoms with Crippen LogP contribution in [0.2, 0.25) is 0 Å². The van der Waals surface area contributed by atoms with Crippen LogP contribution >= 0.6 is 0 Å². The summed E-state index contributed by atoms with van der Waals surface area (Å²) in [6.45, 7) is 7.56. The summed E-state index contributed by atoms with van der Waals surface area (Å²) in [5, 5.41) is 3.17. The van der Waals surface area contributed by atoms with Gasteiger partial charge in [-0.15, -0.1) is 0 Å². The minimum Gasteiger partial charge on any atom is -0.457 e. The highest BCUT2D eigenvalue weighted by Gasteiger charge is 2.17. The number of rotatable bonds is 6. The molecule has 1 N–H and O–H groups in total. The molecule has 0 aromatic heterocycles. The number of para-hydroxylation sites is 1. The summed E-state index contributed by atoms with van der Waals surface area (Å²) < 4.78 is 6.02. The van der Waals surface area contributed by atoms with E-state index < -0.39 is 0 Å². The zero-order valence-electron chi connectivity index (χ0n) is 13.4. The third-order valence-electron chi connectivity index (χ3n) is 4.09. The first-order valence-corrected chi connectivity index (χ1v) is 7.57. The van der Waals surface area contributed by atoms with E-state index >= 15 is 0 Å². The van der Waals surface area contributed by atoms with E-state index in [2.05, 4.69) is 56.4 Å². The molecule has 0 amide bonds. The topological polar surface area (TPSA) is 21.3 Å². The van der Waals surface area contributed by atoms with E-state index in [-0.39, 0.29) is 5.41 Å². The molecule has 0 aliphatic heterocycles. The van der Waals surface area contributed by atoms with Crippen molar-refractivity contribution in [3.8, 4) is 11.5 Å². The Morgan fingerprint density at radius 1 is 1.00 bits per heavy atom. The Bertz CT molecular complexity index is 572. The molecule has 0 aliphatic carbocycles. The smallest absolute Gasteiger partial charge is 0.131 e. The normalized spacial score (nSPS) is 11.4. The summed E-state index contributed by atoms with van der Waals surface area (Å²) >= 11 is 0. The van der Waals surface area contributed by atoms with E-state index in [4.69, 9.17) is 4.74 Å². The van der Waals surface area contributed by atoms with Crippen molar-refractivity contribution in [3.63, 3.8) is 0 Å². The number of benzene rings is 2. The molecule has 0 aliphatic rings. The van der Waals surface area contributed by atoms with E-state index in [1.807, 2.05) is 25.2 Å². The highest BCUT2D eigenvalue weighted by Crippen LogP contribution is 2.30. The van der Waals surface area contributed by atoms with Crippen LogP contribution < -0.4 is 10.1 Å². The van der Waals surface area contributed by atoms with Crippen molar-refractivity contribution >= 4 is 0 Å². The molecule has 0 heterocycles. The fourth-order valence-corrected chi connectivity index (χ4v) is 2.25. The summed E-state index contributed by atoms with van der Waals surface area (Å²) in [4.78, 5) is 0. The van der Waals surface area contributed by atoms with Gasteiger partial charge in [-0.2, -0.15) is 0 Å². The molecule has 112 valence electrons. The lowest BCUT2D eigenvalue weighted by atomic mass is 9.82. The van der Waals surface area contributed by atoms with Gasteiger partial charge in [-0.05, 0) is 42.6 Å². The first kappa shape index (κ1) is 15.6. The molecular weight excluding hydrogens is 258 g/mol. The third kappa shape index (κ3) is 3.85. The van der Waals surface area contributed by atoms with Crippen molar-refractivity contribution in [1.29, 1.82) is 0 Å². The summed E-state index contributed by atoms with van der Waals surface area (Å²) in [5.74, 6) is 1.79. The lowest BCUT2D eigenvalue weighted by Crippen LogP contribution is -2.14. The summed E-state index contributed by atoms with van der Waals surface area (Å²) in [6, 6.07) is 16.6. The molecule has 2 rings (SSSR count). The number of nitrogens with one attached hydrogen (secondary N) is 1. The number of hydrogen-bond donors (Lipinski definition) is 1. The van der Waals surface area contributed by atoms with Crippen LogP contribution in [0.5, 0.6) is 11.5 Å². The predicted molar refractivity (Wildman–Crippen MR) is 89.0 cm³/mol. The molecule has 2 aromatic rings. The molecule has 0 bridgehead atoms. The van der Waals surface area contributed by atoms with Gasteiger partial charge in [0.05, 0.1) is 0 Å². The van der Waals surface area contributed by atoms with Crippen LogP contribution in [0.15, 0.2) is 48.5 Å². The van der Waals surface area contributed by atoms with Gasteiger partial charge < -0.3 is 10.1 Å².